The molecule has 0 amide bonds. The van der Waals surface area contributed by atoms with Crippen LogP contribution in [-0.4, -0.2) is 44.1 Å². The summed E-state index contributed by atoms with van der Waals surface area (Å²) in [4.78, 5) is 4.64. The fourth-order valence-electron chi connectivity index (χ4n) is 2.44. The maximum atomic E-state index is 5.49. The maximum Gasteiger partial charge on any atom is 0.118 e. The Morgan fingerprint density at radius 2 is 1.77 bits per heavy atom. The lowest BCUT2D eigenvalue weighted by Crippen LogP contribution is -2.26. The molecule has 1 aromatic carbocycles. The summed E-state index contributed by atoms with van der Waals surface area (Å²) in [5.41, 5.74) is 1.29. The summed E-state index contributed by atoms with van der Waals surface area (Å²) in [6.07, 6.45) is 2.88. The molecule has 0 atom stereocenters. The largest absolute Gasteiger partial charge is 0.497 e. The predicted octanol–water partition coefficient (Wildman–Crippen LogP) is 3.24. The Labute approximate surface area is 133 Å². The first-order valence-corrected chi connectivity index (χ1v) is 7.70. The molecule has 2 aromatic rings. The number of hydrogen-bond donors (Lipinski definition) is 0. The van der Waals surface area contributed by atoms with E-state index in [4.69, 9.17) is 9.15 Å². The Balaban J connectivity index is 1.95. The van der Waals surface area contributed by atoms with Gasteiger partial charge >= 0.3 is 0 Å². The Kier molecular flexibility index (Phi) is 6.49. The minimum absolute atomic E-state index is 0.840. The zero-order valence-corrected chi connectivity index (χ0v) is 13.8. The van der Waals surface area contributed by atoms with Crippen molar-refractivity contribution in [2.24, 2.45) is 0 Å². The second-order valence-corrected chi connectivity index (χ2v) is 5.79. The van der Waals surface area contributed by atoms with Gasteiger partial charge in [0.25, 0.3) is 0 Å². The number of methoxy groups -OCH3 is 1. The van der Waals surface area contributed by atoms with Gasteiger partial charge in [-0.15, -0.1) is 0 Å². The van der Waals surface area contributed by atoms with E-state index < -0.39 is 0 Å². The van der Waals surface area contributed by atoms with Crippen LogP contribution in [0.5, 0.6) is 5.75 Å². The molecule has 0 saturated carbocycles. The molecule has 0 aliphatic rings. The van der Waals surface area contributed by atoms with Crippen LogP contribution in [0.4, 0.5) is 0 Å². The van der Waals surface area contributed by atoms with E-state index in [0.29, 0.717) is 0 Å². The van der Waals surface area contributed by atoms with Crippen molar-refractivity contribution < 1.29 is 9.15 Å². The third kappa shape index (κ3) is 5.54. The molecule has 2 rings (SSSR count). The molecule has 0 spiro atoms. The number of furan rings is 1. The Hall–Kier alpha value is -1.78. The monoisotopic (exact) mass is 302 g/mol. The molecule has 0 aliphatic carbocycles. The second kappa shape index (κ2) is 8.61. The van der Waals surface area contributed by atoms with Crippen molar-refractivity contribution in [3.8, 4) is 5.75 Å². The highest BCUT2D eigenvalue weighted by molar-refractivity contribution is 5.27. The molecule has 4 nitrogen and oxygen atoms in total. The van der Waals surface area contributed by atoms with Crippen molar-refractivity contribution >= 4 is 0 Å². The first kappa shape index (κ1) is 16.6. The number of nitrogens with zero attached hydrogens (tertiary/aromatic N) is 2. The van der Waals surface area contributed by atoms with Gasteiger partial charge in [0.1, 0.15) is 11.5 Å². The van der Waals surface area contributed by atoms with Gasteiger partial charge in [0.05, 0.1) is 19.9 Å². The summed E-state index contributed by atoms with van der Waals surface area (Å²) < 4.78 is 10.7. The average Bonchev–Trinajstić information content (AvgIpc) is 3.00. The Bertz CT molecular complexity index is 521. The number of ether oxygens (including phenoxy) is 1. The quantitative estimate of drug-likeness (QED) is 0.711. The highest BCUT2D eigenvalue weighted by Crippen LogP contribution is 2.15. The molecule has 0 saturated heterocycles. The van der Waals surface area contributed by atoms with Gasteiger partial charge in [-0.2, -0.15) is 0 Å². The van der Waals surface area contributed by atoms with Crippen LogP contribution in [0.15, 0.2) is 47.1 Å². The van der Waals surface area contributed by atoms with Crippen molar-refractivity contribution in [3.05, 3.63) is 54.0 Å². The number of benzene rings is 1. The maximum absolute atomic E-state index is 5.49. The fourth-order valence-corrected chi connectivity index (χ4v) is 2.44. The van der Waals surface area contributed by atoms with Crippen molar-refractivity contribution in [2.45, 2.75) is 19.5 Å². The van der Waals surface area contributed by atoms with E-state index in [1.807, 2.05) is 24.3 Å². The standard InChI is InChI=1S/C18H26N2O2/c1-19(2)11-5-12-20(15-18-6-4-13-22-18)14-16-7-9-17(21-3)10-8-16/h4,6-10,13H,5,11-12,14-15H2,1-3H3. The van der Waals surface area contributed by atoms with Crippen molar-refractivity contribution in [3.63, 3.8) is 0 Å². The predicted molar refractivity (Wildman–Crippen MR) is 89.0 cm³/mol. The van der Waals surface area contributed by atoms with Gasteiger partial charge in [-0.25, -0.2) is 0 Å². The van der Waals surface area contributed by atoms with E-state index in [-0.39, 0.29) is 0 Å². The molecule has 120 valence electrons. The first-order chi connectivity index (χ1) is 10.7. The Morgan fingerprint density at radius 3 is 2.36 bits per heavy atom. The van der Waals surface area contributed by atoms with Gasteiger partial charge in [0, 0.05) is 13.1 Å². The molecule has 0 aliphatic heterocycles. The summed E-state index contributed by atoms with van der Waals surface area (Å²) in [5, 5.41) is 0. The molecule has 0 radical (unpaired) electrons. The lowest BCUT2D eigenvalue weighted by molar-refractivity contribution is 0.222. The van der Waals surface area contributed by atoms with E-state index in [1.54, 1.807) is 13.4 Å². The Morgan fingerprint density at radius 1 is 1.00 bits per heavy atom. The molecule has 0 bridgehead atoms. The van der Waals surface area contributed by atoms with Crippen molar-refractivity contribution in [1.82, 2.24) is 9.80 Å². The third-order valence-electron chi connectivity index (χ3n) is 3.60. The van der Waals surface area contributed by atoms with Gasteiger partial charge in [-0.1, -0.05) is 12.1 Å². The number of rotatable bonds is 9. The van der Waals surface area contributed by atoms with Gasteiger partial charge in [0.2, 0.25) is 0 Å². The summed E-state index contributed by atoms with van der Waals surface area (Å²) in [6, 6.07) is 12.3. The minimum atomic E-state index is 0.840. The van der Waals surface area contributed by atoms with Crippen LogP contribution < -0.4 is 4.74 Å². The SMILES string of the molecule is COc1ccc(CN(CCCN(C)C)Cc2ccco2)cc1. The number of hydrogen-bond acceptors (Lipinski definition) is 4. The summed E-state index contributed by atoms with van der Waals surface area (Å²) in [6.45, 7) is 3.90. The van der Waals surface area contributed by atoms with E-state index in [1.165, 1.54) is 5.56 Å². The van der Waals surface area contributed by atoms with E-state index in [9.17, 15) is 0 Å². The summed E-state index contributed by atoms with van der Waals surface area (Å²) in [7, 11) is 5.92. The van der Waals surface area contributed by atoms with Crippen LogP contribution in [0.25, 0.3) is 0 Å². The van der Waals surface area contributed by atoms with Crippen LogP contribution in [0.1, 0.15) is 17.7 Å². The van der Waals surface area contributed by atoms with Gasteiger partial charge in [-0.3, -0.25) is 4.90 Å². The zero-order valence-electron chi connectivity index (χ0n) is 13.8. The van der Waals surface area contributed by atoms with E-state index in [2.05, 4.69) is 36.0 Å². The molecule has 1 heterocycles. The second-order valence-electron chi connectivity index (χ2n) is 5.79. The molecule has 0 N–H and O–H groups in total. The molecule has 22 heavy (non-hydrogen) atoms. The van der Waals surface area contributed by atoms with E-state index >= 15 is 0 Å². The molecule has 1 aromatic heterocycles. The minimum Gasteiger partial charge on any atom is -0.497 e. The van der Waals surface area contributed by atoms with Gasteiger partial charge in [-0.05, 0) is 56.9 Å². The van der Waals surface area contributed by atoms with Crippen LogP contribution >= 0.6 is 0 Å². The highest BCUT2D eigenvalue weighted by atomic mass is 16.5. The third-order valence-corrected chi connectivity index (χ3v) is 3.60. The molecule has 0 fully saturated rings. The van der Waals surface area contributed by atoms with Gasteiger partial charge in [0.15, 0.2) is 0 Å². The summed E-state index contributed by atoms with van der Waals surface area (Å²) >= 11 is 0. The molecule has 0 unspecified atom stereocenters. The lowest BCUT2D eigenvalue weighted by atomic mass is 10.2. The van der Waals surface area contributed by atoms with Gasteiger partial charge < -0.3 is 14.1 Å². The van der Waals surface area contributed by atoms with Crippen LogP contribution in [0.2, 0.25) is 0 Å². The van der Waals surface area contributed by atoms with Crippen LogP contribution in [0.3, 0.4) is 0 Å². The normalized spacial score (nSPS) is 11.3. The first-order valence-electron chi connectivity index (χ1n) is 7.70. The lowest BCUT2D eigenvalue weighted by Gasteiger charge is -2.22. The highest BCUT2D eigenvalue weighted by Gasteiger charge is 2.09. The van der Waals surface area contributed by atoms with Crippen LogP contribution in [0, 0.1) is 0 Å². The molecular formula is C18H26N2O2. The van der Waals surface area contributed by atoms with E-state index in [0.717, 1.165) is 44.1 Å². The fraction of sp³-hybridized carbons (Fsp3) is 0.444. The topological polar surface area (TPSA) is 28.9 Å². The average molecular weight is 302 g/mol. The van der Waals surface area contributed by atoms with Crippen LogP contribution in [-0.2, 0) is 13.1 Å². The zero-order chi connectivity index (χ0) is 15.8. The van der Waals surface area contributed by atoms with Crippen molar-refractivity contribution in [1.29, 1.82) is 0 Å². The molecule has 4 heteroatoms. The van der Waals surface area contributed by atoms with Crippen molar-refractivity contribution in [2.75, 3.05) is 34.3 Å². The molecular weight excluding hydrogens is 276 g/mol. The summed E-state index contributed by atoms with van der Waals surface area (Å²) in [5.74, 6) is 1.91. The smallest absolute Gasteiger partial charge is 0.118 e.